The van der Waals surface area contributed by atoms with Gasteiger partial charge in [-0.3, -0.25) is 4.79 Å². The number of hydrogen-bond donors (Lipinski definition) is 0. The Morgan fingerprint density at radius 1 is 1.25 bits per heavy atom. The maximum Gasteiger partial charge on any atom is 0.314 e. The van der Waals surface area contributed by atoms with E-state index in [4.69, 9.17) is 16.3 Å². The first-order valence-electron chi connectivity index (χ1n) is 8.67. The number of hydrogen-bond acceptors (Lipinski definition) is 5. The Balaban J connectivity index is 1.84. The summed E-state index contributed by atoms with van der Waals surface area (Å²) in [6, 6.07) is 12.7. The molecule has 0 spiro atoms. The highest BCUT2D eigenvalue weighted by Crippen LogP contribution is 2.39. The molecule has 2 heterocycles. The number of sulfonamides is 1. The van der Waals surface area contributed by atoms with Crippen LogP contribution in [0.5, 0.6) is 0 Å². The fraction of sp³-hybridized carbons (Fsp3) is 0.250. The molecule has 0 fully saturated rings. The van der Waals surface area contributed by atoms with Gasteiger partial charge in [0.1, 0.15) is 4.90 Å². The van der Waals surface area contributed by atoms with E-state index >= 15 is 0 Å². The fourth-order valence-corrected chi connectivity index (χ4v) is 7.06. The average molecular weight is 436 g/mol. The highest BCUT2D eigenvalue weighted by molar-refractivity contribution is 7.89. The minimum absolute atomic E-state index is 0.0450. The molecule has 1 aliphatic rings. The smallest absolute Gasteiger partial charge is 0.314 e. The van der Waals surface area contributed by atoms with E-state index in [9.17, 15) is 13.2 Å². The van der Waals surface area contributed by atoms with Gasteiger partial charge >= 0.3 is 5.97 Å². The van der Waals surface area contributed by atoms with Crippen molar-refractivity contribution in [1.29, 1.82) is 0 Å². The summed E-state index contributed by atoms with van der Waals surface area (Å²) in [5.41, 5.74) is 1.62. The number of methoxy groups -OCH3 is 1. The maximum atomic E-state index is 13.6. The van der Waals surface area contributed by atoms with Crippen molar-refractivity contribution in [1.82, 2.24) is 4.31 Å². The topological polar surface area (TPSA) is 63.7 Å². The van der Waals surface area contributed by atoms with Crippen LogP contribution in [0, 0.1) is 6.92 Å². The summed E-state index contributed by atoms with van der Waals surface area (Å²) in [5, 5.41) is 1.10. The van der Waals surface area contributed by atoms with E-state index in [1.807, 2.05) is 30.3 Å². The zero-order valence-corrected chi connectivity index (χ0v) is 17.7. The third kappa shape index (κ3) is 3.12. The molecule has 0 N–H and O–H groups in total. The Morgan fingerprint density at radius 2 is 2.00 bits per heavy atom. The molecule has 2 aromatic carbocycles. The van der Waals surface area contributed by atoms with Gasteiger partial charge in [0.05, 0.1) is 13.0 Å². The molecule has 0 aliphatic carbocycles. The molecule has 4 rings (SSSR count). The van der Waals surface area contributed by atoms with Crippen molar-refractivity contribution < 1.29 is 17.9 Å². The van der Waals surface area contributed by atoms with Crippen LogP contribution in [0.1, 0.15) is 21.9 Å². The summed E-state index contributed by atoms with van der Waals surface area (Å²) < 4.78 is 34.4. The summed E-state index contributed by atoms with van der Waals surface area (Å²) in [6.07, 6.45) is 0. The van der Waals surface area contributed by atoms with Gasteiger partial charge in [-0.2, -0.15) is 4.31 Å². The second-order valence-electron chi connectivity index (χ2n) is 6.70. The number of thiophene rings is 1. The molecule has 1 aliphatic heterocycles. The Hall–Kier alpha value is -1.93. The van der Waals surface area contributed by atoms with Crippen LogP contribution in [-0.2, 0) is 26.1 Å². The van der Waals surface area contributed by atoms with Crippen molar-refractivity contribution in [3.8, 4) is 0 Å². The summed E-state index contributed by atoms with van der Waals surface area (Å²) in [5.74, 6) is -1.10. The van der Waals surface area contributed by atoms with Gasteiger partial charge in [-0.1, -0.05) is 35.9 Å². The van der Waals surface area contributed by atoms with Crippen LogP contribution in [-0.4, -0.2) is 32.3 Å². The zero-order valence-electron chi connectivity index (χ0n) is 15.3. The number of carbonyl (C=O) groups is 1. The van der Waals surface area contributed by atoms with Crippen molar-refractivity contribution in [2.45, 2.75) is 24.3 Å². The van der Waals surface area contributed by atoms with Crippen molar-refractivity contribution >= 4 is 49.0 Å². The number of ether oxygens (including phenoxy) is 1. The van der Waals surface area contributed by atoms with Crippen LogP contribution in [0.15, 0.2) is 47.4 Å². The number of carbonyl (C=O) groups excluding carboxylic acids is 1. The number of rotatable bonds is 3. The fourth-order valence-electron chi connectivity index (χ4n) is 3.72. The van der Waals surface area contributed by atoms with Gasteiger partial charge in [0.25, 0.3) is 0 Å². The van der Waals surface area contributed by atoms with Crippen molar-refractivity contribution in [2.75, 3.05) is 13.7 Å². The number of aryl methyl sites for hydroxylation is 1. The molecule has 5 nitrogen and oxygen atoms in total. The third-order valence-corrected chi connectivity index (χ3v) is 8.47. The minimum atomic E-state index is -3.83. The minimum Gasteiger partial charge on any atom is -0.469 e. The van der Waals surface area contributed by atoms with Crippen molar-refractivity contribution in [3.05, 3.63) is 63.5 Å². The predicted molar refractivity (Wildman–Crippen MR) is 110 cm³/mol. The van der Waals surface area contributed by atoms with Gasteiger partial charge in [0.2, 0.25) is 10.0 Å². The molecule has 1 unspecified atom stereocenters. The summed E-state index contributed by atoms with van der Waals surface area (Å²) in [7, 11) is -2.52. The lowest BCUT2D eigenvalue weighted by Crippen LogP contribution is -2.41. The first-order valence-corrected chi connectivity index (χ1v) is 11.3. The van der Waals surface area contributed by atoms with E-state index in [1.165, 1.54) is 22.8 Å². The predicted octanol–water partition coefficient (Wildman–Crippen LogP) is 4.32. The number of benzene rings is 2. The molecule has 0 saturated heterocycles. The molecular formula is C20H18ClNO4S2. The van der Waals surface area contributed by atoms with Crippen LogP contribution in [0.4, 0.5) is 0 Å². The first-order chi connectivity index (χ1) is 13.3. The lowest BCUT2D eigenvalue weighted by molar-refractivity contribution is -0.142. The Bertz CT molecular complexity index is 1190. The zero-order chi connectivity index (χ0) is 20.1. The monoisotopic (exact) mass is 435 g/mol. The highest BCUT2D eigenvalue weighted by Gasteiger charge is 2.38. The average Bonchev–Trinajstić information content (AvgIpc) is 3.02. The van der Waals surface area contributed by atoms with Gasteiger partial charge < -0.3 is 4.74 Å². The van der Waals surface area contributed by atoms with E-state index in [1.54, 1.807) is 19.1 Å². The number of fused-ring (bicyclic) bond motifs is 2. The Labute approximate surface area is 172 Å². The van der Waals surface area contributed by atoms with Crippen LogP contribution in [0.2, 0.25) is 5.02 Å². The maximum absolute atomic E-state index is 13.6. The van der Waals surface area contributed by atoms with Crippen LogP contribution in [0.25, 0.3) is 10.1 Å². The van der Waals surface area contributed by atoms with Crippen LogP contribution in [0.3, 0.4) is 0 Å². The Morgan fingerprint density at radius 3 is 2.75 bits per heavy atom. The van der Waals surface area contributed by atoms with Gasteiger partial charge in [0, 0.05) is 33.1 Å². The molecule has 0 saturated carbocycles. The van der Waals surface area contributed by atoms with E-state index < -0.39 is 21.9 Å². The molecule has 1 atom stereocenters. The summed E-state index contributed by atoms with van der Waals surface area (Å²) >= 11 is 7.54. The molecular weight excluding hydrogens is 418 g/mol. The first kappa shape index (κ1) is 19.4. The standard InChI is InChI=1S/C20H18ClNO4S2/c1-12-19(16-9-14(21)7-8-18(16)27-12)28(24,25)22-10-13-5-3-4-6-15(13)17(11-22)20(23)26-2/h3-9,17H,10-11H2,1-2H3. The van der Waals surface area contributed by atoms with E-state index in [2.05, 4.69) is 0 Å². The molecule has 0 radical (unpaired) electrons. The molecule has 146 valence electrons. The van der Waals surface area contributed by atoms with E-state index in [-0.39, 0.29) is 18.0 Å². The molecule has 1 aromatic heterocycles. The van der Waals surface area contributed by atoms with Crippen LogP contribution < -0.4 is 0 Å². The lowest BCUT2D eigenvalue weighted by atomic mass is 9.91. The molecule has 0 amide bonds. The summed E-state index contributed by atoms with van der Waals surface area (Å²) in [4.78, 5) is 13.3. The van der Waals surface area contributed by atoms with Crippen LogP contribution >= 0.6 is 22.9 Å². The van der Waals surface area contributed by atoms with Gasteiger partial charge in [-0.25, -0.2) is 8.42 Å². The van der Waals surface area contributed by atoms with E-state index in [0.717, 1.165) is 15.8 Å². The molecule has 28 heavy (non-hydrogen) atoms. The summed E-state index contributed by atoms with van der Waals surface area (Å²) in [6.45, 7) is 2.05. The normalized spacial score (nSPS) is 17.5. The van der Waals surface area contributed by atoms with Gasteiger partial charge in [-0.05, 0) is 36.2 Å². The molecule has 0 bridgehead atoms. The van der Waals surface area contributed by atoms with Gasteiger partial charge in [0.15, 0.2) is 0 Å². The van der Waals surface area contributed by atoms with E-state index in [0.29, 0.717) is 15.3 Å². The van der Waals surface area contributed by atoms with Crippen molar-refractivity contribution in [3.63, 3.8) is 0 Å². The SMILES string of the molecule is COC(=O)C1CN(S(=O)(=O)c2c(C)sc3ccc(Cl)cc23)Cc2ccccc21. The second kappa shape index (κ2) is 7.15. The lowest BCUT2D eigenvalue weighted by Gasteiger charge is -2.32. The quantitative estimate of drug-likeness (QED) is 0.574. The van der Waals surface area contributed by atoms with Gasteiger partial charge in [-0.15, -0.1) is 11.3 Å². The number of halogens is 1. The number of esters is 1. The highest BCUT2D eigenvalue weighted by atomic mass is 35.5. The molecule has 8 heteroatoms. The largest absolute Gasteiger partial charge is 0.469 e. The number of nitrogens with zero attached hydrogens (tertiary/aromatic N) is 1. The third-order valence-electron chi connectivity index (χ3n) is 5.02. The van der Waals surface area contributed by atoms with Crippen molar-refractivity contribution in [2.24, 2.45) is 0 Å². The Kier molecular flexibility index (Phi) is 4.95. The molecule has 3 aromatic rings. The second-order valence-corrected chi connectivity index (χ2v) is 10.3.